The van der Waals surface area contributed by atoms with Crippen LogP contribution in [0.1, 0.15) is 41.6 Å². The summed E-state index contributed by atoms with van der Waals surface area (Å²) in [6.45, 7) is 4.09. The number of hydrogen-bond donors (Lipinski definition) is 0. The molecule has 29 heavy (non-hydrogen) atoms. The molecule has 3 aliphatic rings. The van der Waals surface area contributed by atoms with Crippen molar-refractivity contribution in [3.05, 3.63) is 53.9 Å². The first-order chi connectivity index (χ1) is 14.3. The van der Waals surface area contributed by atoms with E-state index in [0.29, 0.717) is 23.3 Å². The largest absolute Gasteiger partial charge is 0.454 e. The van der Waals surface area contributed by atoms with Crippen LogP contribution in [0, 0.1) is 5.92 Å². The lowest BCUT2D eigenvalue weighted by molar-refractivity contribution is 0.0551. The zero-order chi connectivity index (χ0) is 19.6. The fourth-order valence-corrected chi connectivity index (χ4v) is 4.31. The highest BCUT2D eigenvalue weighted by atomic mass is 16.7. The Hall–Kier alpha value is -2.60. The second-order valence-corrected chi connectivity index (χ2v) is 8.33. The second-order valence-electron chi connectivity index (χ2n) is 8.33. The first-order valence-corrected chi connectivity index (χ1v) is 10.6. The topological polar surface area (TPSA) is 54.9 Å². The predicted octanol–water partition coefficient (Wildman–Crippen LogP) is 3.33. The molecule has 0 N–H and O–H groups in total. The van der Waals surface area contributed by atoms with Crippen molar-refractivity contribution in [3.8, 4) is 11.5 Å². The summed E-state index contributed by atoms with van der Waals surface area (Å²) < 4.78 is 10.9. The summed E-state index contributed by atoms with van der Waals surface area (Å²) in [6, 6.07) is 10.0. The first kappa shape index (κ1) is 18.4. The summed E-state index contributed by atoms with van der Waals surface area (Å²) in [7, 11) is 0. The maximum absolute atomic E-state index is 13.4. The molecule has 2 aliphatic heterocycles. The first-order valence-electron chi connectivity index (χ1n) is 10.6. The van der Waals surface area contributed by atoms with Crippen molar-refractivity contribution in [1.29, 1.82) is 0 Å². The minimum absolute atomic E-state index is 0.128. The van der Waals surface area contributed by atoms with Crippen LogP contribution in [0.3, 0.4) is 0 Å². The van der Waals surface area contributed by atoms with Crippen molar-refractivity contribution < 1.29 is 14.3 Å². The molecule has 2 aromatic rings. The molecule has 1 saturated heterocycles. The third-order valence-corrected chi connectivity index (χ3v) is 6.19. The van der Waals surface area contributed by atoms with Gasteiger partial charge in [-0.1, -0.05) is 0 Å². The maximum Gasteiger partial charge on any atom is 0.254 e. The number of rotatable bonds is 6. The van der Waals surface area contributed by atoms with Gasteiger partial charge < -0.3 is 14.4 Å². The Balaban J connectivity index is 1.26. The van der Waals surface area contributed by atoms with Crippen molar-refractivity contribution >= 4 is 5.91 Å². The van der Waals surface area contributed by atoms with E-state index in [1.807, 2.05) is 30.6 Å². The molecule has 1 amide bonds. The van der Waals surface area contributed by atoms with Gasteiger partial charge in [-0.05, 0) is 67.5 Å². The van der Waals surface area contributed by atoms with Crippen LogP contribution in [-0.2, 0) is 6.54 Å². The minimum Gasteiger partial charge on any atom is -0.454 e. The number of fused-ring (bicyclic) bond motifs is 1. The van der Waals surface area contributed by atoms with Crippen LogP contribution in [0.5, 0.6) is 11.5 Å². The number of hydrogen-bond acceptors (Lipinski definition) is 5. The third-order valence-electron chi connectivity index (χ3n) is 6.19. The van der Waals surface area contributed by atoms with Gasteiger partial charge in [0.1, 0.15) is 0 Å². The van der Waals surface area contributed by atoms with Crippen molar-refractivity contribution in [2.45, 2.75) is 38.3 Å². The SMILES string of the molecule is O=C(c1ccc2c(c1)OCO2)N(CC1CC1)C1CCN(Cc2ccncc2)CC1. The Bertz CT molecular complexity index is 861. The van der Waals surface area contributed by atoms with E-state index in [1.165, 1.54) is 18.4 Å². The molecule has 5 rings (SSSR count). The van der Waals surface area contributed by atoms with E-state index in [0.717, 1.165) is 44.8 Å². The van der Waals surface area contributed by atoms with Crippen molar-refractivity contribution in [2.24, 2.45) is 5.92 Å². The zero-order valence-electron chi connectivity index (χ0n) is 16.6. The zero-order valence-corrected chi connectivity index (χ0v) is 16.6. The van der Waals surface area contributed by atoms with E-state index in [9.17, 15) is 4.79 Å². The lowest BCUT2D eigenvalue weighted by Crippen LogP contribution is -2.48. The Morgan fingerprint density at radius 3 is 2.55 bits per heavy atom. The van der Waals surface area contributed by atoms with E-state index in [4.69, 9.17) is 9.47 Å². The number of pyridine rings is 1. The van der Waals surface area contributed by atoms with Gasteiger partial charge in [-0.2, -0.15) is 0 Å². The molecule has 0 radical (unpaired) electrons. The number of piperidine rings is 1. The Morgan fingerprint density at radius 1 is 1.03 bits per heavy atom. The standard InChI is InChI=1S/C23H27N3O3/c27-23(19-3-4-21-22(13-19)29-16-28-21)26(15-17-1-2-17)20-7-11-25(12-8-20)14-18-5-9-24-10-6-18/h3-6,9-10,13,17,20H,1-2,7-8,11-12,14-16H2. The van der Waals surface area contributed by atoms with Gasteiger partial charge in [0.15, 0.2) is 11.5 Å². The monoisotopic (exact) mass is 393 g/mol. The maximum atomic E-state index is 13.4. The normalized spacial score (nSPS) is 19.3. The van der Waals surface area contributed by atoms with E-state index >= 15 is 0 Å². The van der Waals surface area contributed by atoms with Crippen LogP contribution in [0.15, 0.2) is 42.7 Å². The summed E-state index contributed by atoms with van der Waals surface area (Å²) in [6.07, 6.45) is 8.23. The van der Waals surface area contributed by atoms with Gasteiger partial charge in [-0.25, -0.2) is 0 Å². The van der Waals surface area contributed by atoms with Gasteiger partial charge in [-0.15, -0.1) is 0 Å². The van der Waals surface area contributed by atoms with Gasteiger partial charge in [-0.3, -0.25) is 14.7 Å². The highest BCUT2D eigenvalue weighted by Crippen LogP contribution is 2.35. The van der Waals surface area contributed by atoms with E-state index in [2.05, 4.69) is 26.9 Å². The molecule has 1 aromatic carbocycles. The summed E-state index contributed by atoms with van der Waals surface area (Å²) >= 11 is 0. The van der Waals surface area contributed by atoms with Crippen LogP contribution in [-0.4, -0.2) is 53.2 Å². The molecular formula is C23H27N3O3. The van der Waals surface area contributed by atoms with Gasteiger partial charge in [0.2, 0.25) is 6.79 Å². The number of carbonyl (C=O) groups excluding carboxylic acids is 1. The smallest absolute Gasteiger partial charge is 0.254 e. The van der Waals surface area contributed by atoms with Crippen molar-refractivity contribution in [3.63, 3.8) is 0 Å². The molecule has 3 heterocycles. The number of nitrogens with zero attached hydrogens (tertiary/aromatic N) is 3. The molecule has 0 spiro atoms. The molecule has 6 heteroatoms. The van der Waals surface area contributed by atoms with Crippen LogP contribution >= 0.6 is 0 Å². The van der Waals surface area contributed by atoms with Gasteiger partial charge in [0.05, 0.1) is 0 Å². The molecule has 1 aliphatic carbocycles. The Morgan fingerprint density at radius 2 is 1.79 bits per heavy atom. The predicted molar refractivity (Wildman–Crippen MR) is 109 cm³/mol. The van der Waals surface area contributed by atoms with Crippen molar-refractivity contribution in [1.82, 2.24) is 14.8 Å². The molecule has 1 aromatic heterocycles. The van der Waals surface area contributed by atoms with Crippen LogP contribution in [0.2, 0.25) is 0 Å². The lowest BCUT2D eigenvalue weighted by atomic mass is 10.0. The van der Waals surface area contributed by atoms with Gasteiger partial charge in [0.25, 0.3) is 5.91 Å². The number of likely N-dealkylation sites (tertiary alicyclic amines) is 1. The Kier molecular flexibility index (Phi) is 5.10. The summed E-state index contributed by atoms with van der Waals surface area (Å²) in [4.78, 5) is 22.1. The van der Waals surface area contributed by atoms with Gasteiger partial charge in [0, 0.05) is 50.2 Å². The van der Waals surface area contributed by atoms with Crippen molar-refractivity contribution in [2.75, 3.05) is 26.4 Å². The lowest BCUT2D eigenvalue weighted by Gasteiger charge is -2.39. The average Bonchev–Trinajstić information content (AvgIpc) is 3.46. The third kappa shape index (κ3) is 4.22. The fraction of sp³-hybridized carbons (Fsp3) is 0.478. The molecule has 6 nitrogen and oxygen atoms in total. The molecule has 0 atom stereocenters. The number of ether oxygens (including phenoxy) is 2. The molecule has 2 fully saturated rings. The summed E-state index contributed by atoms with van der Waals surface area (Å²) in [5.74, 6) is 2.19. The summed E-state index contributed by atoms with van der Waals surface area (Å²) in [5.41, 5.74) is 2.00. The molecule has 1 saturated carbocycles. The van der Waals surface area contributed by atoms with E-state index in [-0.39, 0.29) is 12.7 Å². The number of aromatic nitrogens is 1. The van der Waals surface area contributed by atoms with Crippen LogP contribution < -0.4 is 9.47 Å². The number of amides is 1. The number of carbonyl (C=O) groups is 1. The highest BCUT2D eigenvalue weighted by molar-refractivity contribution is 5.95. The molecule has 152 valence electrons. The van der Waals surface area contributed by atoms with Crippen LogP contribution in [0.4, 0.5) is 0 Å². The highest BCUT2D eigenvalue weighted by Gasteiger charge is 2.34. The second kappa shape index (κ2) is 8.03. The average molecular weight is 393 g/mol. The number of benzene rings is 1. The quantitative estimate of drug-likeness (QED) is 0.754. The molecular weight excluding hydrogens is 366 g/mol. The molecule has 0 unspecified atom stereocenters. The van der Waals surface area contributed by atoms with Crippen LogP contribution in [0.25, 0.3) is 0 Å². The van der Waals surface area contributed by atoms with E-state index < -0.39 is 0 Å². The van der Waals surface area contributed by atoms with Gasteiger partial charge >= 0.3 is 0 Å². The minimum atomic E-state index is 0.128. The van der Waals surface area contributed by atoms with E-state index in [1.54, 1.807) is 0 Å². The molecule has 0 bridgehead atoms. The fourth-order valence-electron chi connectivity index (χ4n) is 4.31. The Labute approximate surface area is 171 Å². The summed E-state index contributed by atoms with van der Waals surface area (Å²) in [5, 5.41) is 0.